The topological polar surface area (TPSA) is 64.0 Å². The SMILES string of the molecule is CCS(=O)(=O)Nc1cc2n(n1)CCC(C(C)C)=C2.[HH]. The van der Waals surface area contributed by atoms with E-state index in [2.05, 4.69) is 29.7 Å². The highest BCUT2D eigenvalue weighted by Gasteiger charge is 2.16. The van der Waals surface area contributed by atoms with Crippen molar-refractivity contribution in [2.24, 2.45) is 5.92 Å². The zero-order chi connectivity index (χ0) is 13.3. The molecule has 0 spiro atoms. The minimum absolute atomic E-state index is 0. The third kappa shape index (κ3) is 2.75. The monoisotopic (exact) mass is 271 g/mol. The average molecular weight is 271 g/mol. The summed E-state index contributed by atoms with van der Waals surface area (Å²) in [6.45, 7) is 6.75. The minimum Gasteiger partial charge on any atom is -0.266 e. The predicted molar refractivity (Wildman–Crippen MR) is 74.9 cm³/mol. The van der Waals surface area contributed by atoms with Crippen LogP contribution in [0.5, 0.6) is 0 Å². The second-order valence-corrected chi connectivity index (χ2v) is 6.82. The first-order valence-corrected chi connectivity index (χ1v) is 7.85. The molecule has 2 heterocycles. The molecular weight excluding hydrogens is 250 g/mol. The molecule has 18 heavy (non-hydrogen) atoms. The van der Waals surface area contributed by atoms with Gasteiger partial charge in [-0.2, -0.15) is 5.10 Å². The summed E-state index contributed by atoms with van der Waals surface area (Å²) in [5, 5.41) is 4.26. The fraction of sp³-hybridized carbons (Fsp3) is 0.583. The lowest BCUT2D eigenvalue weighted by atomic mass is 9.97. The summed E-state index contributed by atoms with van der Waals surface area (Å²) < 4.78 is 27.3. The maximum Gasteiger partial charge on any atom is 0.233 e. The van der Waals surface area contributed by atoms with Gasteiger partial charge < -0.3 is 0 Å². The molecule has 0 saturated heterocycles. The summed E-state index contributed by atoms with van der Waals surface area (Å²) in [6, 6.07) is 1.79. The Morgan fingerprint density at radius 2 is 2.28 bits per heavy atom. The van der Waals surface area contributed by atoms with E-state index in [-0.39, 0.29) is 7.18 Å². The molecule has 102 valence electrons. The van der Waals surface area contributed by atoms with E-state index in [1.807, 2.05) is 4.68 Å². The van der Waals surface area contributed by atoms with Gasteiger partial charge in [0.2, 0.25) is 10.0 Å². The second-order valence-electron chi connectivity index (χ2n) is 4.81. The standard InChI is InChI=1S/C12H19N3O2S.H2/c1-4-18(16,17)14-12-8-11-7-10(9(2)3)5-6-15(11)13-12;/h7-9H,4-6H2,1-3H3,(H,13,14);1H. The van der Waals surface area contributed by atoms with Gasteiger partial charge in [0.15, 0.2) is 5.82 Å². The maximum absolute atomic E-state index is 11.5. The van der Waals surface area contributed by atoms with Gasteiger partial charge in [-0.25, -0.2) is 8.42 Å². The molecule has 1 aromatic rings. The first-order chi connectivity index (χ1) is 8.41. The van der Waals surface area contributed by atoms with E-state index in [1.54, 1.807) is 13.0 Å². The summed E-state index contributed by atoms with van der Waals surface area (Å²) >= 11 is 0. The van der Waals surface area contributed by atoms with Crippen molar-refractivity contribution in [3.05, 3.63) is 17.3 Å². The Morgan fingerprint density at radius 3 is 2.89 bits per heavy atom. The van der Waals surface area contributed by atoms with Crippen LogP contribution in [0, 0.1) is 5.92 Å². The van der Waals surface area contributed by atoms with E-state index in [1.165, 1.54) is 5.57 Å². The first-order valence-electron chi connectivity index (χ1n) is 6.20. The van der Waals surface area contributed by atoms with E-state index in [4.69, 9.17) is 0 Å². The summed E-state index contributed by atoms with van der Waals surface area (Å²) in [4.78, 5) is 0. The molecule has 0 aliphatic carbocycles. The molecule has 0 aromatic carbocycles. The lowest BCUT2D eigenvalue weighted by molar-refractivity contribution is 0.565. The lowest BCUT2D eigenvalue weighted by Crippen LogP contribution is -2.15. The molecule has 0 atom stereocenters. The molecule has 0 fully saturated rings. The number of hydrogen-bond donors (Lipinski definition) is 1. The van der Waals surface area contributed by atoms with E-state index < -0.39 is 10.0 Å². The van der Waals surface area contributed by atoms with Gasteiger partial charge in [0.1, 0.15) is 0 Å². The van der Waals surface area contributed by atoms with Crippen LogP contribution in [0.15, 0.2) is 11.6 Å². The summed E-state index contributed by atoms with van der Waals surface area (Å²) in [5.74, 6) is 0.986. The van der Waals surface area contributed by atoms with Crippen molar-refractivity contribution in [1.82, 2.24) is 9.78 Å². The third-order valence-corrected chi connectivity index (χ3v) is 4.42. The number of anilines is 1. The lowest BCUT2D eigenvalue weighted by Gasteiger charge is -2.17. The van der Waals surface area contributed by atoms with Gasteiger partial charge in [-0.1, -0.05) is 19.4 Å². The quantitative estimate of drug-likeness (QED) is 0.914. The second kappa shape index (κ2) is 4.76. The molecule has 1 aromatic heterocycles. The van der Waals surface area contributed by atoms with Crippen molar-refractivity contribution in [3.8, 4) is 0 Å². The van der Waals surface area contributed by atoms with E-state index in [0.29, 0.717) is 11.7 Å². The zero-order valence-corrected chi connectivity index (χ0v) is 11.8. The summed E-state index contributed by atoms with van der Waals surface area (Å²) in [5.41, 5.74) is 2.35. The van der Waals surface area contributed by atoms with Crippen LogP contribution in [0.1, 0.15) is 34.3 Å². The number of sulfonamides is 1. The molecular formula is C12H21N3O2S. The van der Waals surface area contributed by atoms with Crippen molar-refractivity contribution in [3.63, 3.8) is 0 Å². The Balaban J connectivity index is 0.00000180. The van der Waals surface area contributed by atoms with Crippen molar-refractivity contribution < 1.29 is 9.84 Å². The summed E-state index contributed by atoms with van der Waals surface area (Å²) in [7, 11) is -3.25. The molecule has 5 nitrogen and oxygen atoms in total. The Kier molecular flexibility index (Phi) is 3.47. The molecule has 2 rings (SSSR count). The van der Waals surface area contributed by atoms with Crippen LogP contribution in [0.2, 0.25) is 0 Å². The van der Waals surface area contributed by atoms with Crippen LogP contribution in [0.4, 0.5) is 5.82 Å². The molecule has 1 aliphatic heterocycles. The van der Waals surface area contributed by atoms with Crippen molar-refractivity contribution in [2.75, 3.05) is 10.5 Å². The average Bonchev–Trinajstić information content (AvgIpc) is 2.68. The fourth-order valence-corrected chi connectivity index (χ4v) is 2.52. The maximum atomic E-state index is 11.5. The van der Waals surface area contributed by atoms with Crippen molar-refractivity contribution in [1.29, 1.82) is 0 Å². The minimum atomic E-state index is -3.25. The molecule has 1 aliphatic rings. The van der Waals surface area contributed by atoms with Crippen LogP contribution in [0.25, 0.3) is 6.08 Å². The number of aryl methyl sites for hydroxylation is 1. The van der Waals surface area contributed by atoms with Crippen molar-refractivity contribution >= 4 is 21.9 Å². The van der Waals surface area contributed by atoms with E-state index in [0.717, 1.165) is 18.7 Å². The molecule has 0 radical (unpaired) electrons. The zero-order valence-electron chi connectivity index (χ0n) is 11.0. The van der Waals surface area contributed by atoms with Gasteiger partial charge in [-0.3, -0.25) is 9.40 Å². The Hall–Kier alpha value is -1.30. The van der Waals surface area contributed by atoms with Crippen LogP contribution < -0.4 is 4.72 Å². The Bertz CT molecular complexity index is 576. The number of hydrogen-bond acceptors (Lipinski definition) is 3. The third-order valence-electron chi connectivity index (χ3n) is 3.14. The molecule has 0 bridgehead atoms. The molecule has 0 amide bonds. The highest BCUT2D eigenvalue weighted by atomic mass is 32.2. The number of rotatable bonds is 4. The highest BCUT2D eigenvalue weighted by molar-refractivity contribution is 7.92. The van der Waals surface area contributed by atoms with E-state index >= 15 is 0 Å². The highest BCUT2D eigenvalue weighted by Crippen LogP contribution is 2.25. The molecule has 0 saturated carbocycles. The smallest absolute Gasteiger partial charge is 0.233 e. The number of nitrogens with one attached hydrogen (secondary N) is 1. The van der Waals surface area contributed by atoms with Crippen LogP contribution in [-0.4, -0.2) is 24.0 Å². The van der Waals surface area contributed by atoms with Crippen molar-refractivity contribution in [2.45, 2.75) is 33.7 Å². The van der Waals surface area contributed by atoms with Gasteiger partial charge in [0.05, 0.1) is 11.4 Å². The number of aromatic nitrogens is 2. The van der Waals surface area contributed by atoms with E-state index in [9.17, 15) is 8.42 Å². The molecule has 1 N–H and O–H groups in total. The van der Waals surface area contributed by atoms with Gasteiger partial charge in [-0.15, -0.1) is 0 Å². The summed E-state index contributed by atoms with van der Waals surface area (Å²) in [6.07, 6.45) is 3.08. The first kappa shape index (κ1) is 13.1. The van der Waals surface area contributed by atoms with Crippen LogP contribution in [-0.2, 0) is 16.6 Å². The van der Waals surface area contributed by atoms with Crippen LogP contribution >= 0.6 is 0 Å². The Morgan fingerprint density at radius 1 is 1.56 bits per heavy atom. The molecule has 0 unspecified atom stereocenters. The Labute approximate surface area is 109 Å². The largest absolute Gasteiger partial charge is 0.266 e. The van der Waals surface area contributed by atoms with Gasteiger partial charge in [0, 0.05) is 14.0 Å². The number of fused-ring (bicyclic) bond motifs is 1. The van der Waals surface area contributed by atoms with Gasteiger partial charge in [-0.05, 0) is 25.3 Å². The van der Waals surface area contributed by atoms with Gasteiger partial charge in [0.25, 0.3) is 0 Å². The van der Waals surface area contributed by atoms with Crippen LogP contribution in [0.3, 0.4) is 0 Å². The normalized spacial score (nSPS) is 15.4. The van der Waals surface area contributed by atoms with Gasteiger partial charge >= 0.3 is 0 Å². The number of nitrogens with zero attached hydrogens (tertiary/aromatic N) is 2. The fourth-order valence-electron chi connectivity index (χ4n) is 1.96. The predicted octanol–water partition coefficient (Wildman–Crippen LogP) is 2.33. The number of allylic oxidation sites excluding steroid dienone is 1. The molecule has 6 heteroatoms.